The fourth-order valence-electron chi connectivity index (χ4n) is 2.49. The van der Waals surface area contributed by atoms with Crippen molar-refractivity contribution in [1.29, 1.82) is 0 Å². The molecule has 1 fully saturated rings. The molecule has 2 atom stereocenters. The van der Waals surface area contributed by atoms with Crippen molar-refractivity contribution in [1.82, 2.24) is 9.97 Å². The summed E-state index contributed by atoms with van der Waals surface area (Å²) in [4.78, 5) is 8.51. The molecular formula is C12H19IN4. The van der Waals surface area contributed by atoms with Crippen LogP contribution in [0.5, 0.6) is 0 Å². The Morgan fingerprint density at radius 3 is 2.53 bits per heavy atom. The first kappa shape index (κ1) is 13.0. The highest BCUT2D eigenvalue weighted by Gasteiger charge is 2.23. The van der Waals surface area contributed by atoms with E-state index in [4.69, 9.17) is 5.73 Å². The molecule has 0 amide bonds. The summed E-state index contributed by atoms with van der Waals surface area (Å²) < 4.78 is 1.06. The van der Waals surface area contributed by atoms with Crippen molar-refractivity contribution in [3.05, 3.63) is 16.0 Å². The van der Waals surface area contributed by atoms with Crippen LogP contribution in [0.1, 0.15) is 25.7 Å². The fourth-order valence-corrected chi connectivity index (χ4v) is 2.77. The molecule has 1 aliphatic carbocycles. The van der Waals surface area contributed by atoms with E-state index in [1.807, 2.05) is 12.4 Å². The van der Waals surface area contributed by atoms with Crippen molar-refractivity contribution < 1.29 is 0 Å². The third-order valence-electron chi connectivity index (χ3n) is 3.51. The number of aromatic nitrogens is 2. The van der Waals surface area contributed by atoms with Gasteiger partial charge < -0.3 is 11.1 Å². The number of anilines is 1. The molecule has 0 bridgehead atoms. The standard InChI is InChI=1S/C12H19IN4/c13-11-7-16-12(17-8-11)15-6-10-4-2-1-3-9(10)5-14/h7-10H,1-6,14H2,(H,15,16,17). The lowest BCUT2D eigenvalue weighted by molar-refractivity contribution is 0.255. The van der Waals surface area contributed by atoms with Crippen LogP contribution in [0.3, 0.4) is 0 Å². The maximum Gasteiger partial charge on any atom is 0.222 e. The molecule has 94 valence electrons. The van der Waals surface area contributed by atoms with Crippen LogP contribution < -0.4 is 11.1 Å². The number of nitrogens with zero attached hydrogens (tertiary/aromatic N) is 2. The van der Waals surface area contributed by atoms with E-state index in [-0.39, 0.29) is 0 Å². The highest BCUT2D eigenvalue weighted by molar-refractivity contribution is 14.1. The second-order valence-corrected chi connectivity index (χ2v) is 5.89. The van der Waals surface area contributed by atoms with Crippen molar-refractivity contribution >= 4 is 28.5 Å². The number of halogens is 1. The molecule has 0 aliphatic heterocycles. The minimum atomic E-state index is 0.667. The Kier molecular flexibility index (Phi) is 4.97. The van der Waals surface area contributed by atoms with Crippen molar-refractivity contribution in [2.45, 2.75) is 25.7 Å². The van der Waals surface area contributed by atoms with Gasteiger partial charge in [0, 0.05) is 22.5 Å². The van der Waals surface area contributed by atoms with Gasteiger partial charge in [-0.25, -0.2) is 9.97 Å². The number of nitrogens with two attached hydrogens (primary N) is 1. The molecule has 1 aliphatic rings. The molecule has 2 unspecified atom stereocenters. The van der Waals surface area contributed by atoms with Gasteiger partial charge in [-0.3, -0.25) is 0 Å². The Morgan fingerprint density at radius 2 is 1.88 bits per heavy atom. The summed E-state index contributed by atoms with van der Waals surface area (Å²) in [7, 11) is 0. The lowest BCUT2D eigenvalue weighted by Gasteiger charge is -2.30. The Labute approximate surface area is 116 Å². The second kappa shape index (κ2) is 6.49. The topological polar surface area (TPSA) is 63.8 Å². The zero-order chi connectivity index (χ0) is 12.1. The molecule has 2 rings (SSSR count). The Morgan fingerprint density at radius 1 is 1.24 bits per heavy atom. The van der Waals surface area contributed by atoms with E-state index >= 15 is 0 Å². The second-order valence-electron chi connectivity index (χ2n) is 4.65. The van der Waals surface area contributed by atoms with Crippen LogP contribution >= 0.6 is 22.6 Å². The van der Waals surface area contributed by atoms with Gasteiger partial charge in [0.05, 0.1) is 0 Å². The smallest absolute Gasteiger partial charge is 0.222 e. The molecule has 3 N–H and O–H groups in total. The van der Waals surface area contributed by atoms with Crippen molar-refractivity contribution in [2.75, 3.05) is 18.4 Å². The first-order valence-corrected chi connectivity index (χ1v) is 7.29. The Hall–Kier alpha value is -0.430. The lowest BCUT2D eigenvalue weighted by atomic mass is 9.79. The van der Waals surface area contributed by atoms with Crippen LogP contribution in [0.25, 0.3) is 0 Å². The van der Waals surface area contributed by atoms with E-state index in [1.165, 1.54) is 25.7 Å². The van der Waals surface area contributed by atoms with Gasteiger partial charge in [-0.2, -0.15) is 0 Å². The lowest BCUT2D eigenvalue weighted by Crippen LogP contribution is -2.31. The molecule has 4 nitrogen and oxygen atoms in total. The number of hydrogen-bond acceptors (Lipinski definition) is 4. The monoisotopic (exact) mass is 346 g/mol. The zero-order valence-corrected chi connectivity index (χ0v) is 12.1. The van der Waals surface area contributed by atoms with Crippen LogP contribution in [0, 0.1) is 15.4 Å². The Balaban J connectivity index is 1.86. The van der Waals surface area contributed by atoms with E-state index in [0.717, 1.165) is 22.6 Å². The van der Waals surface area contributed by atoms with Crippen LogP contribution in [0.4, 0.5) is 5.95 Å². The minimum Gasteiger partial charge on any atom is -0.354 e. The summed E-state index contributed by atoms with van der Waals surface area (Å²) in [5.74, 6) is 2.07. The van der Waals surface area contributed by atoms with Gasteiger partial charge in [-0.1, -0.05) is 12.8 Å². The van der Waals surface area contributed by atoms with Gasteiger partial charge in [-0.15, -0.1) is 0 Å². The van der Waals surface area contributed by atoms with Crippen LogP contribution in [-0.2, 0) is 0 Å². The maximum absolute atomic E-state index is 5.82. The predicted octanol–water partition coefficient (Wildman–Crippen LogP) is 2.26. The van der Waals surface area contributed by atoms with E-state index in [1.54, 1.807) is 0 Å². The molecule has 17 heavy (non-hydrogen) atoms. The van der Waals surface area contributed by atoms with Gasteiger partial charge in [0.1, 0.15) is 0 Å². The zero-order valence-electron chi connectivity index (χ0n) is 9.90. The molecule has 0 aromatic carbocycles. The molecule has 5 heteroatoms. The van der Waals surface area contributed by atoms with Crippen LogP contribution in [0.15, 0.2) is 12.4 Å². The van der Waals surface area contributed by atoms with Gasteiger partial charge >= 0.3 is 0 Å². The molecule has 1 saturated carbocycles. The van der Waals surface area contributed by atoms with E-state index < -0.39 is 0 Å². The SMILES string of the molecule is NCC1CCCCC1CNc1ncc(I)cn1. The number of hydrogen-bond donors (Lipinski definition) is 2. The molecule has 1 aromatic rings. The van der Waals surface area contributed by atoms with Crippen molar-refractivity contribution in [3.63, 3.8) is 0 Å². The van der Waals surface area contributed by atoms with Gasteiger partial charge in [0.15, 0.2) is 0 Å². The summed E-state index contributed by atoms with van der Waals surface area (Å²) in [5.41, 5.74) is 5.82. The molecule has 1 heterocycles. The molecule has 0 spiro atoms. The van der Waals surface area contributed by atoms with Gasteiger partial charge in [0.25, 0.3) is 0 Å². The summed E-state index contributed by atoms with van der Waals surface area (Å²) in [6.07, 6.45) is 8.87. The largest absolute Gasteiger partial charge is 0.354 e. The first-order chi connectivity index (χ1) is 8.29. The van der Waals surface area contributed by atoms with Crippen molar-refractivity contribution in [2.24, 2.45) is 17.6 Å². The summed E-state index contributed by atoms with van der Waals surface area (Å²) in [5, 5.41) is 3.32. The first-order valence-electron chi connectivity index (χ1n) is 6.21. The number of nitrogens with one attached hydrogen (secondary N) is 1. The van der Waals surface area contributed by atoms with Gasteiger partial charge in [0.2, 0.25) is 5.95 Å². The minimum absolute atomic E-state index is 0.667. The molecular weight excluding hydrogens is 327 g/mol. The number of rotatable bonds is 4. The predicted molar refractivity (Wildman–Crippen MR) is 77.7 cm³/mol. The average molecular weight is 346 g/mol. The van der Waals surface area contributed by atoms with E-state index in [2.05, 4.69) is 37.9 Å². The maximum atomic E-state index is 5.82. The van der Waals surface area contributed by atoms with Gasteiger partial charge in [-0.05, 0) is 53.8 Å². The molecule has 0 radical (unpaired) electrons. The average Bonchev–Trinajstić information content (AvgIpc) is 2.38. The molecule has 0 saturated heterocycles. The third-order valence-corrected chi connectivity index (χ3v) is 4.07. The molecule has 1 aromatic heterocycles. The van der Waals surface area contributed by atoms with Crippen molar-refractivity contribution in [3.8, 4) is 0 Å². The van der Waals surface area contributed by atoms with E-state index in [0.29, 0.717) is 11.8 Å². The fraction of sp³-hybridized carbons (Fsp3) is 0.667. The highest BCUT2D eigenvalue weighted by atomic mass is 127. The van der Waals surface area contributed by atoms with Crippen LogP contribution in [-0.4, -0.2) is 23.1 Å². The normalized spacial score (nSPS) is 24.6. The third kappa shape index (κ3) is 3.77. The quantitative estimate of drug-likeness (QED) is 0.821. The van der Waals surface area contributed by atoms with E-state index in [9.17, 15) is 0 Å². The summed E-state index contributed by atoms with van der Waals surface area (Å²) in [6, 6.07) is 0. The Bertz CT molecular complexity index is 341. The van der Waals surface area contributed by atoms with Crippen LogP contribution in [0.2, 0.25) is 0 Å². The summed E-state index contributed by atoms with van der Waals surface area (Å²) >= 11 is 2.21. The summed E-state index contributed by atoms with van der Waals surface area (Å²) in [6.45, 7) is 1.75. The highest BCUT2D eigenvalue weighted by Crippen LogP contribution is 2.29.